The minimum absolute atomic E-state index is 0.188. The Morgan fingerprint density at radius 1 is 1.24 bits per heavy atom. The Morgan fingerprint density at radius 2 is 1.86 bits per heavy atom. The van der Waals surface area contributed by atoms with E-state index in [0.29, 0.717) is 5.92 Å². The molecular weight excluding hydrogens is 331 g/mol. The van der Waals surface area contributed by atoms with Gasteiger partial charge in [-0.3, -0.25) is 11.3 Å². The Bertz CT molecular complexity index is 456. The van der Waals surface area contributed by atoms with Crippen molar-refractivity contribution in [3.8, 4) is 0 Å². The molecule has 0 amide bonds. The topological polar surface area (TPSA) is 38.0 Å². The van der Waals surface area contributed by atoms with Crippen molar-refractivity contribution in [3.05, 3.63) is 34.1 Å². The summed E-state index contributed by atoms with van der Waals surface area (Å²) in [4.78, 5) is 0. The first-order chi connectivity index (χ1) is 10.0. The molecule has 1 aromatic rings. The Hall–Kier alpha value is -0.450. The third-order valence-electron chi connectivity index (χ3n) is 4.99. The molecule has 0 spiro atoms. The molecule has 1 aromatic carbocycles. The molecule has 0 aliphatic heterocycles. The van der Waals surface area contributed by atoms with Crippen molar-refractivity contribution in [1.82, 2.24) is 5.43 Å². The molecule has 1 aliphatic rings. The summed E-state index contributed by atoms with van der Waals surface area (Å²) in [5, 5.41) is 0. The molecular formula is C17H26BrFN2. The van der Waals surface area contributed by atoms with Crippen LogP contribution in [0.5, 0.6) is 0 Å². The average molecular weight is 357 g/mol. The van der Waals surface area contributed by atoms with E-state index in [1.807, 2.05) is 0 Å². The molecule has 1 fully saturated rings. The lowest BCUT2D eigenvalue weighted by atomic mass is 9.74. The van der Waals surface area contributed by atoms with Gasteiger partial charge in [-0.15, -0.1) is 0 Å². The van der Waals surface area contributed by atoms with Crippen molar-refractivity contribution in [1.29, 1.82) is 0 Å². The fraction of sp³-hybridized carbons (Fsp3) is 0.647. The van der Waals surface area contributed by atoms with E-state index in [1.54, 1.807) is 12.1 Å². The van der Waals surface area contributed by atoms with Gasteiger partial charge in [-0.05, 0) is 73.6 Å². The number of nitrogens with two attached hydrogens (primary N) is 1. The fourth-order valence-electron chi connectivity index (χ4n) is 3.51. The second kappa shape index (κ2) is 7.70. The Kier molecular flexibility index (Phi) is 6.20. The summed E-state index contributed by atoms with van der Waals surface area (Å²) in [6.45, 7) is 4.63. The predicted molar refractivity (Wildman–Crippen MR) is 89.2 cm³/mol. The van der Waals surface area contributed by atoms with Gasteiger partial charge in [0, 0.05) is 10.5 Å². The molecule has 1 atom stereocenters. The Labute approximate surface area is 135 Å². The summed E-state index contributed by atoms with van der Waals surface area (Å²) in [6.07, 6.45) is 5.76. The van der Waals surface area contributed by atoms with Gasteiger partial charge >= 0.3 is 0 Å². The molecule has 0 radical (unpaired) electrons. The molecule has 0 bridgehead atoms. The lowest BCUT2D eigenvalue weighted by Gasteiger charge is -2.35. The van der Waals surface area contributed by atoms with Crippen LogP contribution in [-0.4, -0.2) is 6.04 Å². The van der Waals surface area contributed by atoms with Gasteiger partial charge < -0.3 is 0 Å². The van der Waals surface area contributed by atoms with Gasteiger partial charge in [-0.25, -0.2) is 4.39 Å². The second-order valence-electron chi connectivity index (χ2n) is 6.63. The highest BCUT2D eigenvalue weighted by atomic mass is 79.9. The van der Waals surface area contributed by atoms with E-state index >= 15 is 0 Å². The SMILES string of the molecule is CC(C)C1CCC(C(Cc2cc(F)ccc2Br)NN)CC1. The first-order valence-electron chi connectivity index (χ1n) is 7.91. The smallest absolute Gasteiger partial charge is 0.123 e. The van der Waals surface area contributed by atoms with E-state index in [0.717, 1.165) is 28.3 Å². The molecule has 0 aromatic heterocycles. The largest absolute Gasteiger partial charge is 0.271 e. The number of nitrogens with one attached hydrogen (secondary N) is 1. The zero-order chi connectivity index (χ0) is 15.4. The van der Waals surface area contributed by atoms with Crippen LogP contribution in [0.1, 0.15) is 45.1 Å². The number of hydrogen-bond donors (Lipinski definition) is 2. The average Bonchev–Trinajstić information content (AvgIpc) is 2.48. The van der Waals surface area contributed by atoms with Gasteiger partial charge in [0.2, 0.25) is 0 Å². The first kappa shape index (κ1) is 16.9. The lowest BCUT2D eigenvalue weighted by Crippen LogP contribution is -2.44. The Balaban J connectivity index is 1.99. The van der Waals surface area contributed by atoms with E-state index in [-0.39, 0.29) is 11.9 Å². The molecule has 2 nitrogen and oxygen atoms in total. The van der Waals surface area contributed by atoms with Crippen molar-refractivity contribution in [3.63, 3.8) is 0 Å². The molecule has 21 heavy (non-hydrogen) atoms. The van der Waals surface area contributed by atoms with Crippen molar-refractivity contribution in [2.45, 2.75) is 52.0 Å². The van der Waals surface area contributed by atoms with Crippen LogP contribution >= 0.6 is 15.9 Å². The quantitative estimate of drug-likeness (QED) is 0.605. The molecule has 1 saturated carbocycles. The third-order valence-corrected chi connectivity index (χ3v) is 5.76. The minimum Gasteiger partial charge on any atom is -0.271 e. The van der Waals surface area contributed by atoms with Gasteiger partial charge in [-0.1, -0.05) is 29.8 Å². The fourth-order valence-corrected chi connectivity index (χ4v) is 3.92. The predicted octanol–water partition coefficient (Wildman–Crippen LogP) is 4.43. The number of rotatable bonds is 5. The molecule has 1 unspecified atom stereocenters. The monoisotopic (exact) mass is 356 g/mol. The summed E-state index contributed by atoms with van der Waals surface area (Å²) in [7, 11) is 0. The zero-order valence-corrected chi connectivity index (χ0v) is 14.5. The zero-order valence-electron chi connectivity index (χ0n) is 12.9. The summed E-state index contributed by atoms with van der Waals surface area (Å²) in [5.41, 5.74) is 3.96. The van der Waals surface area contributed by atoms with Gasteiger partial charge in [0.1, 0.15) is 5.82 Å². The van der Waals surface area contributed by atoms with Crippen molar-refractivity contribution in [2.24, 2.45) is 23.6 Å². The third kappa shape index (κ3) is 4.51. The van der Waals surface area contributed by atoms with Gasteiger partial charge in [0.25, 0.3) is 0 Å². The molecule has 1 aliphatic carbocycles. The number of hydrazine groups is 1. The molecule has 0 saturated heterocycles. The summed E-state index contributed by atoms with van der Waals surface area (Å²) in [6, 6.07) is 5.07. The van der Waals surface area contributed by atoms with Gasteiger partial charge in [-0.2, -0.15) is 0 Å². The van der Waals surface area contributed by atoms with Crippen LogP contribution in [-0.2, 0) is 6.42 Å². The normalized spacial score (nSPS) is 24.3. The Morgan fingerprint density at radius 3 is 2.43 bits per heavy atom. The summed E-state index contributed by atoms with van der Waals surface area (Å²) >= 11 is 3.51. The van der Waals surface area contributed by atoms with E-state index in [9.17, 15) is 4.39 Å². The molecule has 3 N–H and O–H groups in total. The van der Waals surface area contributed by atoms with E-state index < -0.39 is 0 Å². The van der Waals surface area contributed by atoms with Crippen LogP contribution in [0.2, 0.25) is 0 Å². The number of benzene rings is 1. The van der Waals surface area contributed by atoms with E-state index in [4.69, 9.17) is 5.84 Å². The maximum absolute atomic E-state index is 13.4. The van der Waals surface area contributed by atoms with Crippen molar-refractivity contribution in [2.75, 3.05) is 0 Å². The number of hydrogen-bond acceptors (Lipinski definition) is 2. The van der Waals surface area contributed by atoms with Crippen LogP contribution < -0.4 is 11.3 Å². The molecule has 118 valence electrons. The van der Waals surface area contributed by atoms with Crippen LogP contribution in [0, 0.1) is 23.6 Å². The lowest BCUT2D eigenvalue weighted by molar-refractivity contribution is 0.188. The van der Waals surface area contributed by atoms with Crippen LogP contribution in [0.4, 0.5) is 4.39 Å². The van der Waals surface area contributed by atoms with E-state index in [2.05, 4.69) is 35.2 Å². The molecule has 0 heterocycles. The van der Waals surface area contributed by atoms with Crippen LogP contribution in [0.25, 0.3) is 0 Å². The maximum Gasteiger partial charge on any atom is 0.123 e. The highest BCUT2D eigenvalue weighted by Gasteiger charge is 2.28. The molecule has 4 heteroatoms. The standard InChI is InChI=1S/C17H26BrFN2/c1-11(2)12-3-5-13(6-4-12)17(21-20)10-14-9-15(19)7-8-16(14)18/h7-9,11-13,17,21H,3-6,10,20H2,1-2H3. The van der Waals surface area contributed by atoms with Gasteiger partial charge in [0.15, 0.2) is 0 Å². The highest BCUT2D eigenvalue weighted by Crippen LogP contribution is 2.35. The summed E-state index contributed by atoms with van der Waals surface area (Å²) < 4.78 is 14.4. The maximum atomic E-state index is 13.4. The minimum atomic E-state index is -0.188. The van der Waals surface area contributed by atoms with Crippen LogP contribution in [0.15, 0.2) is 22.7 Å². The summed E-state index contributed by atoms with van der Waals surface area (Å²) in [5.74, 6) is 7.79. The van der Waals surface area contributed by atoms with Crippen LogP contribution in [0.3, 0.4) is 0 Å². The van der Waals surface area contributed by atoms with E-state index in [1.165, 1.54) is 31.7 Å². The highest BCUT2D eigenvalue weighted by molar-refractivity contribution is 9.10. The van der Waals surface area contributed by atoms with Crippen molar-refractivity contribution < 1.29 is 4.39 Å². The molecule has 2 rings (SSSR count). The number of halogens is 2. The first-order valence-corrected chi connectivity index (χ1v) is 8.70. The van der Waals surface area contributed by atoms with Crippen molar-refractivity contribution >= 4 is 15.9 Å². The van der Waals surface area contributed by atoms with Gasteiger partial charge in [0.05, 0.1) is 0 Å². The second-order valence-corrected chi connectivity index (χ2v) is 7.49.